The van der Waals surface area contributed by atoms with Crippen LogP contribution in [0.15, 0.2) is 12.2 Å². The van der Waals surface area contributed by atoms with Crippen LogP contribution in [-0.2, 0) is 4.74 Å². The van der Waals surface area contributed by atoms with Crippen molar-refractivity contribution in [2.75, 3.05) is 13.7 Å². The number of allylic oxidation sites excluding steroid dienone is 1. The molecule has 0 bridgehead atoms. The lowest BCUT2D eigenvalue weighted by Crippen LogP contribution is -1.80. The molecule has 0 spiro atoms. The van der Waals surface area contributed by atoms with Crippen LogP contribution < -0.4 is 0 Å². The van der Waals surface area contributed by atoms with E-state index in [1.165, 1.54) is 25.7 Å². The van der Waals surface area contributed by atoms with Gasteiger partial charge in [-0.05, 0) is 12.8 Å². The molecule has 0 saturated heterocycles. The van der Waals surface area contributed by atoms with E-state index in [4.69, 9.17) is 4.74 Å². The molecule has 0 aliphatic carbocycles. The third-order valence-electron chi connectivity index (χ3n) is 1.40. The molecule has 0 fully saturated rings. The van der Waals surface area contributed by atoms with Crippen molar-refractivity contribution >= 4 is 0 Å². The predicted octanol–water partition coefficient (Wildman–Crippen LogP) is 2.77. The molecular weight excluding hydrogens is 124 g/mol. The average Bonchev–Trinajstić information content (AvgIpc) is 1.97. The predicted molar refractivity (Wildman–Crippen MR) is 45.2 cm³/mol. The lowest BCUT2D eigenvalue weighted by Gasteiger charge is -1.91. The Bertz CT molecular complexity index is 76.8. The summed E-state index contributed by atoms with van der Waals surface area (Å²) in [5.74, 6) is 0. The van der Waals surface area contributed by atoms with E-state index in [-0.39, 0.29) is 0 Å². The van der Waals surface area contributed by atoms with Gasteiger partial charge in [-0.2, -0.15) is 0 Å². The fourth-order valence-corrected chi connectivity index (χ4v) is 0.794. The van der Waals surface area contributed by atoms with Gasteiger partial charge in [0.1, 0.15) is 0 Å². The molecule has 0 amide bonds. The van der Waals surface area contributed by atoms with Crippen molar-refractivity contribution in [1.82, 2.24) is 0 Å². The number of hydrogen-bond donors (Lipinski definition) is 0. The minimum Gasteiger partial charge on any atom is -0.381 e. The van der Waals surface area contributed by atoms with E-state index in [2.05, 4.69) is 19.1 Å². The van der Waals surface area contributed by atoms with Crippen LogP contribution in [0.2, 0.25) is 0 Å². The molecule has 0 saturated carbocycles. The Morgan fingerprint density at radius 2 is 2.00 bits per heavy atom. The summed E-state index contributed by atoms with van der Waals surface area (Å²) in [5, 5.41) is 0. The van der Waals surface area contributed by atoms with E-state index < -0.39 is 0 Å². The van der Waals surface area contributed by atoms with Gasteiger partial charge in [0.25, 0.3) is 0 Å². The molecule has 0 N–H and O–H groups in total. The van der Waals surface area contributed by atoms with Crippen molar-refractivity contribution in [2.45, 2.75) is 32.6 Å². The summed E-state index contributed by atoms with van der Waals surface area (Å²) in [4.78, 5) is 0. The highest BCUT2D eigenvalue weighted by molar-refractivity contribution is 4.80. The van der Waals surface area contributed by atoms with Gasteiger partial charge in [0.15, 0.2) is 0 Å². The largest absolute Gasteiger partial charge is 0.381 e. The second kappa shape index (κ2) is 8.70. The maximum Gasteiger partial charge on any atom is 0.0643 e. The summed E-state index contributed by atoms with van der Waals surface area (Å²) >= 11 is 0. The lowest BCUT2D eigenvalue weighted by molar-refractivity contribution is 0.233. The fourth-order valence-electron chi connectivity index (χ4n) is 0.794. The molecule has 1 nitrogen and oxygen atoms in total. The minimum absolute atomic E-state index is 0.756. The second-order valence-electron chi connectivity index (χ2n) is 2.42. The first-order valence-electron chi connectivity index (χ1n) is 4.05. The third kappa shape index (κ3) is 7.70. The van der Waals surface area contributed by atoms with Gasteiger partial charge in [0, 0.05) is 7.11 Å². The van der Waals surface area contributed by atoms with Gasteiger partial charge in [0.05, 0.1) is 6.61 Å². The van der Waals surface area contributed by atoms with Gasteiger partial charge in [-0.25, -0.2) is 0 Å². The minimum atomic E-state index is 0.756. The SMILES string of the molecule is CCCCC/C=C\COC. The Morgan fingerprint density at radius 1 is 1.20 bits per heavy atom. The van der Waals surface area contributed by atoms with Crippen molar-refractivity contribution in [3.8, 4) is 0 Å². The molecule has 0 atom stereocenters. The average molecular weight is 142 g/mol. The van der Waals surface area contributed by atoms with E-state index in [0.717, 1.165) is 6.61 Å². The van der Waals surface area contributed by atoms with E-state index in [1.54, 1.807) is 7.11 Å². The van der Waals surface area contributed by atoms with Crippen molar-refractivity contribution in [3.05, 3.63) is 12.2 Å². The summed E-state index contributed by atoms with van der Waals surface area (Å²) in [6.45, 7) is 2.98. The Hall–Kier alpha value is -0.300. The lowest BCUT2D eigenvalue weighted by atomic mass is 10.2. The van der Waals surface area contributed by atoms with Crippen molar-refractivity contribution in [3.63, 3.8) is 0 Å². The van der Waals surface area contributed by atoms with Crippen LogP contribution in [0.5, 0.6) is 0 Å². The number of unbranched alkanes of at least 4 members (excludes halogenated alkanes) is 3. The van der Waals surface area contributed by atoms with Crippen LogP contribution >= 0.6 is 0 Å². The highest BCUT2D eigenvalue weighted by Gasteiger charge is 1.80. The first kappa shape index (κ1) is 9.70. The van der Waals surface area contributed by atoms with Crippen LogP contribution in [-0.4, -0.2) is 13.7 Å². The smallest absolute Gasteiger partial charge is 0.0643 e. The topological polar surface area (TPSA) is 9.23 Å². The highest BCUT2D eigenvalue weighted by atomic mass is 16.5. The molecule has 0 aromatic heterocycles. The number of rotatable bonds is 6. The summed E-state index contributed by atoms with van der Waals surface area (Å²) in [6.07, 6.45) is 9.44. The van der Waals surface area contributed by atoms with Crippen LogP contribution in [0.1, 0.15) is 32.6 Å². The van der Waals surface area contributed by atoms with Crippen LogP contribution in [0.25, 0.3) is 0 Å². The molecule has 10 heavy (non-hydrogen) atoms. The number of ether oxygens (including phenoxy) is 1. The molecule has 60 valence electrons. The van der Waals surface area contributed by atoms with Crippen molar-refractivity contribution in [2.24, 2.45) is 0 Å². The molecule has 0 heterocycles. The Kier molecular flexibility index (Phi) is 8.44. The summed E-state index contributed by atoms with van der Waals surface area (Å²) < 4.78 is 4.86. The number of hydrogen-bond acceptors (Lipinski definition) is 1. The monoisotopic (exact) mass is 142 g/mol. The molecule has 0 aliphatic rings. The molecule has 0 rings (SSSR count). The Balaban J connectivity index is 2.88. The molecule has 0 aromatic rings. The van der Waals surface area contributed by atoms with Gasteiger partial charge < -0.3 is 4.74 Å². The number of methoxy groups -OCH3 is 1. The van der Waals surface area contributed by atoms with Gasteiger partial charge >= 0.3 is 0 Å². The van der Waals surface area contributed by atoms with Gasteiger partial charge in [-0.1, -0.05) is 31.9 Å². The first-order chi connectivity index (χ1) is 4.91. The molecule has 0 aliphatic heterocycles. The molecule has 1 heteroatoms. The second-order valence-corrected chi connectivity index (χ2v) is 2.42. The van der Waals surface area contributed by atoms with Gasteiger partial charge in [-0.3, -0.25) is 0 Å². The van der Waals surface area contributed by atoms with E-state index >= 15 is 0 Å². The summed E-state index contributed by atoms with van der Waals surface area (Å²) in [5.41, 5.74) is 0. The van der Waals surface area contributed by atoms with E-state index in [0.29, 0.717) is 0 Å². The zero-order valence-electron chi connectivity index (χ0n) is 7.10. The zero-order chi connectivity index (χ0) is 7.66. The molecule has 0 radical (unpaired) electrons. The quantitative estimate of drug-likeness (QED) is 0.409. The maximum absolute atomic E-state index is 4.86. The van der Waals surface area contributed by atoms with Gasteiger partial charge in [-0.15, -0.1) is 0 Å². The van der Waals surface area contributed by atoms with Crippen LogP contribution in [0.4, 0.5) is 0 Å². The van der Waals surface area contributed by atoms with E-state index in [9.17, 15) is 0 Å². The van der Waals surface area contributed by atoms with Crippen molar-refractivity contribution < 1.29 is 4.74 Å². The van der Waals surface area contributed by atoms with Crippen LogP contribution in [0, 0.1) is 0 Å². The standard InChI is InChI=1S/C9H18O/c1-3-4-5-6-7-8-9-10-2/h7-8H,3-6,9H2,1-2H3/b8-7-. The Morgan fingerprint density at radius 3 is 2.60 bits per heavy atom. The zero-order valence-corrected chi connectivity index (χ0v) is 7.10. The molecule has 0 aromatic carbocycles. The van der Waals surface area contributed by atoms with Crippen LogP contribution in [0.3, 0.4) is 0 Å². The first-order valence-corrected chi connectivity index (χ1v) is 4.05. The molecular formula is C9H18O. The Labute approximate surface area is 64.1 Å². The normalized spacial score (nSPS) is 11.0. The maximum atomic E-state index is 4.86. The summed E-state index contributed by atoms with van der Waals surface area (Å²) in [7, 11) is 1.72. The van der Waals surface area contributed by atoms with E-state index in [1.807, 2.05) is 0 Å². The van der Waals surface area contributed by atoms with Gasteiger partial charge in [0.2, 0.25) is 0 Å². The highest BCUT2D eigenvalue weighted by Crippen LogP contribution is 1.98. The molecule has 0 unspecified atom stereocenters. The van der Waals surface area contributed by atoms with Crippen molar-refractivity contribution in [1.29, 1.82) is 0 Å². The third-order valence-corrected chi connectivity index (χ3v) is 1.40. The summed E-state index contributed by atoms with van der Waals surface area (Å²) in [6, 6.07) is 0. The fraction of sp³-hybridized carbons (Fsp3) is 0.778.